The molecule has 8 nitrogen and oxygen atoms in total. The number of hydrogen-bond acceptors (Lipinski definition) is 7. The van der Waals surface area contributed by atoms with Gasteiger partial charge >= 0.3 is 0 Å². The molecule has 0 spiro atoms. The van der Waals surface area contributed by atoms with Gasteiger partial charge in [-0.3, -0.25) is 4.79 Å². The van der Waals surface area contributed by atoms with Crippen LogP contribution in [-0.4, -0.2) is 38.6 Å². The van der Waals surface area contributed by atoms with Crippen molar-refractivity contribution in [1.82, 2.24) is 14.8 Å². The average Bonchev–Trinajstić information content (AvgIpc) is 3.16. The van der Waals surface area contributed by atoms with Crippen molar-refractivity contribution < 1.29 is 19.4 Å². The minimum absolute atomic E-state index is 0.0988. The Bertz CT molecular complexity index is 991. The minimum atomic E-state index is -0.318. The number of ether oxygens (including phenoxy) is 2. The fraction of sp³-hybridized carbons (Fsp3) is 0.286. The third-order valence-corrected chi connectivity index (χ3v) is 5.23. The molecule has 1 amide bonds. The summed E-state index contributed by atoms with van der Waals surface area (Å²) in [4.78, 5) is 12.2. The molecular weight excluding hydrogens is 404 g/mol. The zero-order chi connectivity index (χ0) is 21.5. The van der Waals surface area contributed by atoms with Gasteiger partial charge < -0.3 is 24.5 Å². The summed E-state index contributed by atoms with van der Waals surface area (Å²) in [5.74, 6) is 2.22. The topological polar surface area (TPSA) is 98.5 Å². The molecule has 0 radical (unpaired) electrons. The first-order chi connectivity index (χ1) is 14.5. The molecule has 1 aromatic heterocycles. The van der Waals surface area contributed by atoms with Gasteiger partial charge in [0, 0.05) is 18.3 Å². The summed E-state index contributed by atoms with van der Waals surface area (Å²) in [6.45, 7) is 4.54. The summed E-state index contributed by atoms with van der Waals surface area (Å²) in [7, 11) is 1.62. The number of anilines is 1. The van der Waals surface area contributed by atoms with E-state index < -0.39 is 0 Å². The molecule has 1 atom stereocenters. The summed E-state index contributed by atoms with van der Waals surface area (Å²) in [6, 6.07) is 13.8. The van der Waals surface area contributed by atoms with Gasteiger partial charge in [-0.2, -0.15) is 0 Å². The SMILES string of the molecule is CCn1c(SCC(=O)Nc2cccc(O)c2)nnc1C(C)Oc1ccc(OC)cc1. The standard InChI is InChI=1S/C21H24N4O4S/c1-4-25-20(14(2)29-18-10-8-17(28-3)9-11-18)23-24-21(25)30-13-19(27)22-15-6-5-7-16(26)12-15/h5-12,14,26H,4,13H2,1-3H3,(H,22,27). The number of aromatic hydroxyl groups is 1. The van der Waals surface area contributed by atoms with E-state index in [-0.39, 0.29) is 23.5 Å². The molecule has 30 heavy (non-hydrogen) atoms. The maximum atomic E-state index is 12.2. The molecule has 9 heteroatoms. The fourth-order valence-electron chi connectivity index (χ4n) is 2.83. The number of nitrogens with zero attached hydrogens (tertiary/aromatic N) is 3. The first-order valence-corrected chi connectivity index (χ1v) is 10.4. The van der Waals surface area contributed by atoms with E-state index in [2.05, 4.69) is 15.5 Å². The van der Waals surface area contributed by atoms with E-state index in [9.17, 15) is 9.90 Å². The predicted octanol–water partition coefficient (Wildman–Crippen LogP) is 3.88. The van der Waals surface area contributed by atoms with Crippen LogP contribution < -0.4 is 14.8 Å². The number of aromatic nitrogens is 3. The summed E-state index contributed by atoms with van der Waals surface area (Å²) in [5, 5.41) is 21.4. The van der Waals surface area contributed by atoms with Crippen LogP contribution in [0.3, 0.4) is 0 Å². The molecule has 0 bridgehead atoms. The highest BCUT2D eigenvalue weighted by Crippen LogP contribution is 2.26. The number of carbonyl (C=O) groups excluding carboxylic acids is 1. The van der Waals surface area contributed by atoms with E-state index in [4.69, 9.17) is 9.47 Å². The van der Waals surface area contributed by atoms with Crippen LogP contribution in [0.25, 0.3) is 0 Å². The monoisotopic (exact) mass is 428 g/mol. The molecule has 0 saturated heterocycles. The number of rotatable bonds is 9. The van der Waals surface area contributed by atoms with E-state index in [1.807, 2.05) is 42.7 Å². The van der Waals surface area contributed by atoms with Crippen LogP contribution in [0.2, 0.25) is 0 Å². The van der Waals surface area contributed by atoms with Gasteiger partial charge in [0.2, 0.25) is 5.91 Å². The van der Waals surface area contributed by atoms with Gasteiger partial charge in [-0.25, -0.2) is 0 Å². The molecule has 2 aromatic carbocycles. The van der Waals surface area contributed by atoms with Crippen molar-refractivity contribution in [3.8, 4) is 17.2 Å². The van der Waals surface area contributed by atoms with E-state index >= 15 is 0 Å². The highest BCUT2D eigenvalue weighted by atomic mass is 32.2. The molecule has 0 aliphatic carbocycles. The summed E-state index contributed by atoms with van der Waals surface area (Å²) < 4.78 is 13.1. The molecule has 0 aliphatic rings. The number of nitrogens with one attached hydrogen (secondary N) is 1. The van der Waals surface area contributed by atoms with Crippen molar-refractivity contribution in [2.24, 2.45) is 0 Å². The third kappa shape index (κ3) is 5.44. The van der Waals surface area contributed by atoms with Crippen molar-refractivity contribution >= 4 is 23.4 Å². The third-order valence-electron chi connectivity index (χ3n) is 4.26. The van der Waals surface area contributed by atoms with Crippen LogP contribution >= 0.6 is 11.8 Å². The minimum Gasteiger partial charge on any atom is -0.508 e. The molecule has 3 aromatic rings. The van der Waals surface area contributed by atoms with E-state index in [1.54, 1.807) is 25.3 Å². The second-order valence-electron chi connectivity index (χ2n) is 6.41. The van der Waals surface area contributed by atoms with Gasteiger partial charge in [0.25, 0.3) is 0 Å². The van der Waals surface area contributed by atoms with Crippen LogP contribution in [0, 0.1) is 0 Å². The second kappa shape index (κ2) is 10.0. The Hall–Kier alpha value is -3.20. The number of carbonyl (C=O) groups is 1. The summed E-state index contributed by atoms with van der Waals surface area (Å²) in [5.41, 5.74) is 0.541. The molecule has 0 aliphatic heterocycles. The Morgan fingerprint density at radius 3 is 2.60 bits per heavy atom. The number of thioether (sulfide) groups is 1. The van der Waals surface area contributed by atoms with Crippen molar-refractivity contribution in [1.29, 1.82) is 0 Å². The maximum Gasteiger partial charge on any atom is 0.234 e. The number of methoxy groups -OCH3 is 1. The molecule has 2 N–H and O–H groups in total. The zero-order valence-electron chi connectivity index (χ0n) is 17.0. The zero-order valence-corrected chi connectivity index (χ0v) is 17.8. The van der Waals surface area contributed by atoms with Crippen LogP contribution in [0.4, 0.5) is 5.69 Å². The number of phenols is 1. The van der Waals surface area contributed by atoms with Crippen molar-refractivity contribution in [3.05, 3.63) is 54.4 Å². The smallest absolute Gasteiger partial charge is 0.234 e. The molecular formula is C21H24N4O4S. The van der Waals surface area contributed by atoms with Gasteiger partial charge in [-0.05, 0) is 50.2 Å². The largest absolute Gasteiger partial charge is 0.508 e. The van der Waals surface area contributed by atoms with E-state index in [1.165, 1.54) is 17.8 Å². The quantitative estimate of drug-likeness (QED) is 0.499. The van der Waals surface area contributed by atoms with Gasteiger partial charge in [0.05, 0.1) is 12.9 Å². The normalized spacial score (nSPS) is 11.7. The maximum absolute atomic E-state index is 12.2. The van der Waals surface area contributed by atoms with Gasteiger partial charge in [0.1, 0.15) is 17.2 Å². The number of phenolic OH excluding ortho intramolecular Hbond substituents is 1. The van der Waals surface area contributed by atoms with Crippen LogP contribution in [0.15, 0.2) is 53.7 Å². The Morgan fingerprint density at radius 2 is 1.93 bits per heavy atom. The Balaban J connectivity index is 1.62. The highest BCUT2D eigenvalue weighted by Gasteiger charge is 2.19. The molecule has 158 valence electrons. The lowest BCUT2D eigenvalue weighted by atomic mass is 10.3. The van der Waals surface area contributed by atoms with Crippen LogP contribution in [-0.2, 0) is 11.3 Å². The van der Waals surface area contributed by atoms with E-state index in [0.29, 0.717) is 29.0 Å². The second-order valence-corrected chi connectivity index (χ2v) is 7.35. The van der Waals surface area contributed by atoms with Crippen molar-refractivity contribution in [2.45, 2.75) is 31.7 Å². The van der Waals surface area contributed by atoms with Gasteiger partial charge in [0.15, 0.2) is 17.1 Å². The van der Waals surface area contributed by atoms with Crippen LogP contribution in [0.1, 0.15) is 25.8 Å². The Kier molecular flexibility index (Phi) is 7.18. The molecule has 0 fully saturated rings. The molecule has 0 saturated carbocycles. The van der Waals surface area contributed by atoms with Crippen LogP contribution in [0.5, 0.6) is 17.2 Å². The first-order valence-electron chi connectivity index (χ1n) is 9.45. The summed E-state index contributed by atoms with van der Waals surface area (Å²) in [6.07, 6.45) is -0.318. The summed E-state index contributed by atoms with van der Waals surface area (Å²) >= 11 is 1.30. The average molecular weight is 429 g/mol. The lowest BCUT2D eigenvalue weighted by molar-refractivity contribution is -0.113. The van der Waals surface area contributed by atoms with E-state index in [0.717, 1.165) is 5.75 Å². The molecule has 3 rings (SSSR count). The number of benzene rings is 2. The lowest BCUT2D eigenvalue weighted by Gasteiger charge is -2.15. The number of amides is 1. The predicted molar refractivity (Wildman–Crippen MR) is 115 cm³/mol. The molecule has 1 heterocycles. The Morgan fingerprint density at radius 1 is 1.20 bits per heavy atom. The fourth-order valence-corrected chi connectivity index (χ4v) is 3.64. The Labute approximate surface area is 179 Å². The van der Waals surface area contributed by atoms with Gasteiger partial charge in [-0.1, -0.05) is 17.8 Å². The van der Waals surface area contributed by atoms with Gasteiger partial charge in [-0.15, -0.1) is 10.2 Å². The first kappa shape index (κ1) is 21.5. The van der Waals surface area contributed by atoms with Crippen molar-refractivity contribution in [2.75, 3.05) is 18.2 Å². The van der Waals surface area contributed by atoms with Crippen molar-refractivity contribution in [3.63, 3.8) is 0 Å². The molecule has 1 unspecified atom stereocenters. The number of hydrogen-bond donors (Lipinski definition) is 2. The lowest BCUT2D eigenvalue weighted by Crippen LogP contribution is -2.15. The highest BCUT2D eigenvalue weighted by molar-refractivity contribution is 7.99.